The van der Waals surface area contributed by atoms with Crippen molar-refractivity contribution >= 4 is 34.9 Å². The van der Waals surface area contributed by atoms with Gasteiger partial charge in [0.1, 0.15) is 5.69 Å². The van der Waals surface area contributed by atoms with E-state index in [0.29, 0.717) is 42.6 Å². The zero-order valence-electron chi connectivity index (χ0n) is 19.3. The molecule has 8 nitrogen and oxygen atoms in total. The maximum Gasteiger partial charge on any atom is 0.309 e. The number of ether oxygens (including phenoxy) is 1. The first kappa shape index (κ1) is 23.0. The number of piperidine rings is 1. The molecule has 0 saturated carbocycles. The second kappa shape index (κ2) is 10.3. The smallest absolute Gasteiger partial charge is 0.309 e. The van der Waals surface area contributed by atoms with Gasteiger partial charge in [-0.05, 0) is 61.9 Å². The maximum absolute atomic E-state index is 12.8. The van der Waals surface area contributed by atoms with Gasteiger partial charge in [0, 0.05) is 42.8 Å². The Morgan fingerprint density at radius 2 is 1.89 bits per heavy atom. The fraction of sp³-hybridized carbons (Fsp3) is 0.269. The lowest BCUT2D eigenvalue weighted by Crippen LogP contribution is -2.39. The molecule has 0 unspecified atom stereocenters. The predicted octanol–water partition coefficient (Wildman–Crippen LogP) is 4.18. The number of pyridine rings is 1. The van der Waals surface area contributed by atoms with Gasteiger partial charge >= 0.3 is 5.97 Å². The highest BCUT2D eigenvalue weighted by atomic mass is 32.2. The van der Waals surface area contributed by atoms with Gasteiger partial charge in [-0.25, -0.2) is 4.68 Å². The van der Waals surface area contributed by atoms with Crippen LogP contribution < -0.4 is 0 Å². The Hall–Kier alpha value is -3.72. The molecular weight excluding hydrogens is 462 g/mol. The van der Waals surface area contributed by atoms with E-state index in [1.807, 2.05) is 66.3 Å². The van der Waals surface area contributed by atoms with Crippen molar-refractivity contribution < 1.29 is 14.3 Å². The molecule has 1 amide bonds. The van der Waals surface area contributed by atoms with E-state index in [1.165, 1.54) is 11.8 Å². The Morgan fingerprint density at radius 3 is 2.60 bits per heavy atom. The largest absolute Gasteiger partial charge is 0.466 e. The molecule has 1 fully saturated rings. The molecule has 0 bridgehead atoms. The molecule has 0 atom stereocenters. The highest BCUT2D eigenvalue weighted by Crippen LogP contribution is 2.34. The van der Waals surface area contributed by atoms with E-state index in [2.05, 4.69) is 14.9 Å². The van der Waals surface area contributed by atoms with Crippen LogP contribution in [0.5, 0.6) is 0 Å². The van der Waals surface area contributed by atoms with Gasteiger partial charge in [0.25, 0.3) is 5.91 Å². The number of amides is 1. The molecule has 0 spiro atoms. The summed E-state index contributed by atoms with van der Waals surface area (Å²) in [6, 6.07) is 13.7. The number of likely N-dealkylation sites (tertiary alicyclic amines) is 1. The first-order chi connectivity index (χ1) is 17.1. The molecule has 3 aromatic rings. The van der Waals surface area contributed by atoms with E-state index >= 15 is 0 Å². The predicted molar refractivity (Wildman–Crippen MR) is 136 cm³/mol. The number of thioether (sulfide) groups is 1. The molecule has 2 aliphatic heterocycles. The van der Waals surface area contributed by atoms with Crippen molar-refractivity contribution in [3.63, 3.8) is 0 Å². The fourth-order valence-corrected chi connectivity index (χ4v) is 5.14. The van der Waals surface area contributed by atoms with Crippen LogP contribution in [0.3, 0.4) is 0 Å². The van der Waals surface area contributed by atoms with Gasteiger partial charge in [0.2, 0.25) is 0 Å². The number of rotatable bonds is 5. The molecule has 4 heterocycles. The van der Waals surface area contributed by atoms with Crippen molar-refractivity contribution in [2.24, 2.45) is 10.9 Å². The summed E-state index contributed by atoms with van der Waals surface area (Å²) in [5, 5.41) is 5.48. The molecule has 0 N–H and O–H groups in total. The van der Waals surface area contributed by atoms with Gasteiger partial charge in [0.15, 0.2) is 5.17 Å². The zero-order chi connectivity index (χ0) is 24.2. The van der Waals surface area contributed by atoms with Gasteiger partial charge in [-0.3, -0.25) is 14.6 Å². The number of hydrogen-bond acceptors (Lipinski definition) is 7. The Morgan fingerprint density at radius 1 is 1.14 bits per heavy atom. The third-order valence-electron chi connectivity index (χ3n) is 6.00. The van der Waals surface area contributed by atoms with Gasteiger partial charge in [-0.15, -0.1) is 0 Å². The molecule has 1 saturated heterocycles. The minimum Gasteiger partial charge on any atom is -0.466 e. The molecule has 2 aliphatic rings. The fourth-order valence-electron chi connectivity index (χ4n) is 4.18. The van der Waals surface area contributed by atoms with E-state index < -0.39 is 0 Å². The zero-order valence-corrected chi connectivity index (χ0v) is 20.1. The average Bonchev–Trinajstić information content (AvgIpc) is 3.49. The number of para-hydroxylation sites is 1. The van der Waals surface area contributed by atoms with Crippen molar-refractivity contribution in [3.05, 3.63) is 71.5 Å². The van der Waals surface area contributed by atoms with Gasteiger partial charge in [0.05, 0.1) is 23.1 Å². The Kier molecular flexibility index (Phi) is 6.76. The van der Waals surface area contributed by atoms with E-state index in [0.717, 1.165) is 22.5 Å². The lowest BCUT2D eigenvalue weighted by atomic mass is 9.97. The monoisotopic (exact) mass is 487 g/mol. The summed E-state index contributed by atoms with van der Waals surface area (Å²) in [6.07, 6.45) is 8.63. The number of aliphatic imine (C=N–C) groups is 1. The SMILES string of the molecule is CCOC(=O)C1CCN(C2=NC(=O)C(=Cc3cn(-c4ccccc4)nc3-c3ccncc3)S2)CC1. The highest BCUT2D eigenvalue weighted by Gasteiger charge is 2.32. The lowest BCUT2D eigenvalue weighted by molar-refractivity contribution is -0.149. The van der Waals surface area contributed by atoms with E-state index in [-0.39, 0.29) is 17.8 Å². The summed E-state index contributed by atoms with van der Waals surface area (Å²) in [7, 11) is 0. The molecule has 9 heteroatoms. The van der Waals surface area contributed by atoms with Crippen molar-refractivity contribution in [2.45, 2.75) is 19.8 Å². The van der Waals surface area contributed by atoms with Crippen LogP contribution in [-0.2, 0) is 14.3 Å². The van der Waals surface area contributed by atoms with Crippen LogP contribution in [-0.4, -0.2) is 56.4 Å². The summed E-state index contributed by atoms with van der Waals surface area (Å²) < 4.78 is 6.97. The van der Waals surface area contributed by atoms with Gasteiger partial charge in [-0.2, -0.15) is 10.1 Å². The number of hydrogen-bond donors (Lipinski definition) is 0. The van der Waals surface area contributed by atoms with Crippen LogP contribution >= 0.6 is 11.8 Å². The minimum atomic E-state index is -0.259. The number of carbonyl (C=O) groups excluding carboxylic acids is 2. The van der Waals surface area contributed by atoms with Crippen molar-refractivity contribution in [2.75, 3.05) is 19.7 Å². The van der Waals surface area contributed by atoms with Gasteiger partial charge < -0.3 is 9.64 Å². The highest BCUT2D eigenvalue weighted by molar-refractivity contribution is 8.18. The molecule has 2 aromatic heterocycles. The summed E-state index contributed by atoms with van der Waals surface area (Å²) in [5.74, 6) is -0.481. The molecule has 0 aliphatic carbocycles. The summed E-state index contributed by atoms with van der Waals surface area (Å²) in [5.41, 5.74) is 3.44. The number of aromatic nitrogens is 3. The number of benzene rings is 1. The van der Waals surface area contributed by atoms with Crippen LogP contribution in [0.25, 0.3) is 23.0 Å². The van der Waals surface area contributed by atoms with Crippen LogP contribution in [0.2, 0.25) is 0 Å². The second-order valence-electron chi connectivity index (χ2n) is 8.27. The molecule has 5 rings (SSSR count). The van der Waals surface area contributed by atoms with Crippen LogP contribution in [0.15, 0.2) is 71.0 Å². The third-order valence-corrected chi connectivity index (χ3v) is 7.04. The molecule has 0 radical (unpaired) electrons. The number of nitrogens with zero attached hydrogens (tertiary/aromatic N) is 5. The standard InChI is InChI=1S/C26H25N5O3S/c1-2-34-25(33)19-10-14-30(15-11-19)26-28-24(32)22(35-26)16-20-17-31(21-6-4-3-5-7-21)29-23(20)18-8-12-27-13-9-18/h3-9,12-13,16-17,19H,2,10-11,14-15H2,1H3. The first-order valence-corrected chi connectivity index (χ1v) is 12.4. The lowest BCUT2D eigenvalue weighted by Gasteiger charge is -2.31. The van der Waals surface area contributed by atoms with Crippen LogP contribution in [0, 0.1) is 5.92 Å². The molecular formula is C26H25N5O3S. The van der Waals surface area contributed by atoms with Crippen molar-refractivity contribution in [1.29, 1.82) is 0 Å². The normalized spacial score (nSPS) is 17.6. The Bertz CT molecular complexity index is 1280. The van der Waals surface area contributed by atoms with E-state index in [9.17, 15) is 9.59 Å². The Labute approximate surface area is 207 Å². The molecule has 1 aromatic carbocycles. The number of carbonyl (C=O) groups is 2. The first-order valence-electron chi connectivity index (χ1n) is 11.6. The Balaban J connectivity index is 1.37. The quantitative estimate of drug-likeness (QED) is 0.394. The minimum absolute atomic E-state index is 0.0873. The van der Waals surface area contributed by atoms with Crippen LogP contribution in [0.4, 0.5) is 0 Å². The summed E-state index contributed by atoms with van der Waals surface area (Å²) >= 11 is 1.37. The summed E-state index contributed by atoms with van der Waals surface area (Å²) in [6.45, 7) is 3.56. The summed E-state index contributed by atoms with van der Waals surface area (Å²) in [4.78, 5) is 35.9. The van der Waals surface area contributed by atoms with Gasteiger partial charge in [-0.1, -0.05) is 18.2 Å². The molecule has 178 valence electrons. The van der Waals surface area contributed by atoms with Crippen molar-refractivity contribution in [3.8, 4) is 16.9 Å². The maximum atomic E-state index is 12.8. The van der Waals surface area contributed by atoms with E-state index in [4.69, 9.17) is 9.84 Å². The number of amidine groups is 1. The average molecular weight is 488 g/mol. The van der Waals surface area contributed by atoms with E-state index in [1.54, 1.807) is 12.4 Å². The van der Waals surface area contributed by atoms with Crippen LogP contribution in [0.1, 0.15) is 25.3 Å². The molecule has 35 heavy (non-hydrogen) atoms. The van der Waals surface area contributed by atoms with Crippen molar-refractivity contribution in [1.82, 2.24) is 19.7 Å². The second-order valence-corrected chi connectivity index (χ2v) is 9.28. The topological polar surface area (TPSA) is 89.7 Å². The third kappa shape index (κ3) is 5.05. The number of esters is 1.